The quantitative estimate of drug-likeness (QED) is 0.0498. The Morgan fingerprint density at radius 1 is 1.21 bits per heavy atom. The molecule has 0 spiro atoms. The standard InChI is InChI=1S/C25H29IN13O2P/c1-14-31-21-17(32-16-6-4-5-15(22(16)40-3)23(28)36-37(2)29)11-19(35-25(21)39(14)42-26)34-20-13-30-24(18(12-27)33-20)38-7-9-41-10-8-38/h4-6,11,13,42H,7-10,29H2,1-3H3,(H2,28,36)(H2,32,33,34,35). The summed E-state index contributed by atoms with van der Waals surface area (Å²) in [4.78, 5) is 20.7. The van der Waals surface area contributed by atoms with E-state index in [0.29, 0.717) is 84.0 Å². The summed E-state index contributed by atoms with van der Waals surface area (Å²) in [5, 5.41) is 21.7. The first kappa shape index (κ1) is 29.5. The number of aromatic nitrogens is 5. The molecule has 4 heterocycles. The number of hydrazone groups is 1. The van der Waals surface area contributed by atoms with E-state index in [1.165, 1.54) is 0 Å². The van der Waals surface area contributed by atoms with Gasteiger partial charge in [0.15, 0.2) is 34.6 Å². The van der Waals surface area contributed by atoms with Crippen molar-refractivity contribution < 1.29 is 9.47 Å². The van der Waals surface area contributed by atoms with Crippen LogP contribution in [0.2, 0.25) is 0 Å². The Hall–Kier alpha value is -4.04. The number of nitrogens with one attached hydrogen (secondary N) is 2. The van der Waals surface area contributed by atoms with Crippen molar-refractivity contribution >= 4 is 74.2 Å². The number of pyridine rings is 1. The molecule has 4 aromatic rings. The molecule has 0 bridgehead atoms. The van der Waals surface area contributed by atoms with Crippen LogP contribution in [0.25, 0.3) is 11.2 Å². The maximum atomic E-state index is 9.81. The van der Waals surface area contributed by atoms with Crippen LogP contribution in [0.15, 0.2) is 35.6 Å². The van der Waals surface area contributed by atoms with Gasteiger partial charge < -0.3 is 30.7 Å². The average Bonchev–Trinajstić information content (AvgIpc) is 3.32. The van der Waals surface area contributed by atoms with Gasteiger partial charge >= 0.3 is 0 Å². The molecule has 15 nitrogen and oxygen atoms in total. The number of amidine groups is 1. The average molecular weight is 701 g/mol. The van der Waals surface area contributed by atoms with Crippen molar-refractivity contribution in [2.45, 2.75) is 6.92 Å². The number of anilines is 5. The number of benzene rings is 1. The van der Waals surface area contributed by atoms with Crippen molar-refractivity contribution in [1.82, 2.24) is 29.4 Å². The maximum absolute atomic E-state index is 9.81. The first-order valence-corrected chi connectivity index (χ1v) is 16.8. The molecule has 42 heavy (non-hydrogen) atoms. The second-order valence-corrected chi connectivity index (χ2v) is 11.2. The van der Waals surface area contributed by atoms with E-state index < -0.39 is 0 Å². The molecular weight excluding hydrogens is 672 g/mol. The minimum absolute atomic E-state index is 0.196. The van der Waals surface area contributed by atoms with Gasteiger partial charge in [-0.15, -0.1) is 5.10 Å². The van der Waals surface area contributed by atoms with Gasteiger partial charge in [0.05, 0.1) is 49.8 Å². The Morgan fingerprint density at radius 3 is 2.69 bits per heavy atom. The lowest BCUT2D eigenvalue weighted by Gasteiger charge is -2.28. The summed E-state index contributed by atoms with van der Waals surface area (Å²) in [7, 11) is 3.14. The zero-order chi connectivity index (χ0) is 29.8. The van der Waals surface area contributed by atoms with Crippen LogP contribution < -0.4 is 31.8 Å². The fourth-order valence-corrected chi connectivity index (χ4v) is 6.64. The van der Waals surface area contributed by atoms with Crippen LogP contribution in [0.3, 0.4) is 0 Å². The number of fused-ring (bicyclic) bond motifs is 1. The van der Waals surface area contributed by atoms with Gasteiger partial charge in [0.1, 0.15) is 23.2 Å². The number of hydrogen-bond donors (Lipinski definition) is 4. The van der Waals surface area contributed by atoms with Crippen LogP contribution in [-0.2, 0) is 4.74 Å². The molecule has 3 aromatic heterocycles. The van der Waals surface area contributed by atoms with E-state index in [1.807, 2.05) is 34.4 Å². The van der Waals surface area contributed by atoms with E-state index in [1.54, 1.807) is 26.4 Å². The number of hydrazine groups is 1. The minimum atomic E-state index is 0.196. The number of aryl methyl sites for hydroxylation is 1. The molecule has 1 unspecified atom stereocenters. The molecule has 1 atom stereocenters. The highest BCUT2D eigenvalue weighted by molar-refractivity contribution is 14.2. The molecule has 5 rings (SSSR count). The summed E-state index contributed by atoms with van der Waals surface area (Å²) in [6, 6.07) is 9.47. The van der Waals surface area contributed by atoms with Gasteiger partial charge in [-0.2, -0.15) is 5.26 Å². The van der Waals surface area contributed by atoms with E-state index in [-0.39, 0.29) is 11.5 Å². The molecule has 0 amide bonds. The second kappa shape index (κ2) is 12.9. The van der Waals surface area contributed by atoms with Crippen LogP contribution in [0.4, 0.5) is 28.8 Å². The molecule has 17 heteroatoms. The predicted octanol–water partition coefficient (Wildman–Crippen LogP) is 2.95. The number of para-hydroxylation sites is 1. The van der Waals surface area contributed by atoms with Gasteiger partial charge in [-0.1, -0.05) is 6.07 Å². The number of morpholine rings is 1. The SMILES string of the molecule is COc1c(Nc2cc(Nc3cnc(N4CCOCC4)c(C#N)n3)nc3c2nc(C)n3PI)cccc1/C(N)=N/N(C)N. The third-order valence-corrected chi connectivity index (χ3v) is 8.48. The highest BCUT2D eigenvalue weighted by Crippen LogP contribution is 2.38. The number of nitriles is 1. The molecule has 1 saturated heterocycles. The Kier molecular flexibility index (Phi) is 9.02. The number of methoxy groups -OCH3 is 1. The Bertz CT molecular complexity index is 1680. The minimum Gasteiger partial charge on any atom is -0.494 e. The smallest absolute Gasteiger partial charge is 0.185 e. The monoisotopic (exact) mass is 701 g/mol. The molecular formula is C25H29IN13O2P. The number of hydrogen-bond acceptors (Lipinski definition) is 13. The van der Waals surface area contributed by atoms with Crippen LogP contribution in [0.1, 0.15) is 17.1 Å². The molecule has 218 valence electrons. The van der Waals surface area contributed by atoms with Gasteiger partial charge in [0.25, 0.3) is 0 Å². The lowest BCUT2D eigenvalue weighted by atomic mass is 10.1. The zero-order valence-electron chi connectivity index (χ0n) is 23.1. The largest absolute Gasteiger partial charge is 0.494 e. The highest BCUT2D eigenvalue weighted by Gasteiger charge is 2.20. The van der Waals surface area contributed by atoms with Gasteiger partial charge in [0, 0.05) is 26.2 Å². The first-order chi connectivity index (χ1) is 20.3. The van der Waals surface area contributed by atoms with E-state index in [2.05, 4.69) is 53.8 Å². The summed E-state index contributed by atoms with van der Waals surface area (Å²) in [5.74, 6) is 8.57. The van der Waals surface area contributed by atoms with E-state index in [0.717, 1.165) is 10.9 Å². The topological polar surface area (TPSA) is 194 Å². The van der Waals surface area contributed by atoms with Gasteiger partial charge in [-0.05, 0) is 41.1 Å². The molecule has 0 saturated carbocycles. The van der Waals surface area contributed by atoms with Gasteiger partial charge in [0.2, 0.25) is 0 Å². The fraction of sp³-hybridized carbons (Fsp3) is 0.280. The third kappa shape index (κ3) is 6.09. The van der Waals surface area contributed by atoms with E-state index >= 15 is 0 Å². The van der Waals surface area contributed by atoms with Crippen LogP contribution in [0.5, 0.6) is 5.75 Å². The summed E-state index contributed by atoms with van der Waals surface area (Å²) in [6.45, 7) is 4.38. The molecule has 1 aliphatic rings. The number of nitrogens with two attached hydrogens (primary N) is 2. The van der Waals surface area contributed by atoms with Crippen LogP contribution in [-0.4, -0.2) is 75.7 Å². The molecule has 0 radical (unpaired) electrons. The summed E-state index contributed by atoms with van der Waals surface area (Å²) in [5.41, 5.74) is 9.63. The number of nitrogens with zero attached hydrogens (tertiary/aromatic N) is 9. The number of ether oxygens (including phenoxy) is 2. The van der Waals surface area contributed by atoms with E-state index in [9.17, 15) is 5.26 Å². The number of rotatable bonds is 9. The van der Waals surface area contributed by atoms with Crippen molar-refractivity contribution in [3.63, 3.8) is 0 Å². The fourth-order valence-electron chi connectivity index (χ4n) is 4.50. The molecule has 1 aliphatic heterocycles. The molecule has 1 aromatic carbocycles. The van der Waals surface area contributed by atoms with Crippen molar-refractivity contribution in [1.29, 1.82) is 5.26 Å². The van der Waals surface area contributed by atoms with Crippen LogP contribution >= 0.6 is 28.4 Å². The predicted molar refractivity (Wildman–Crippen MR) is 172 cm³/mol. The van der Waals surface area contributed by atoms with Crippen molar-refractivity contribution in [2.24, 2.45) is 16.7 Å². The van der Waals surface area contributed by atoms with Crippen molar-refractivity contribution in [3.8, 4) is 11.8 Å². The first-order valence-electron chi connectivity index (χ1n) is 12.7. The zero-order valence-corrected chi connectivity index (χ0v) is 26.2. The van der Waals surface area contributed by atoms with Crippen LogP contribution in [0, 0.1) is 18.3 Å². The summed E-state index contributed by atoms with van der Waals surface area (Å²) < 4.78 is 13.2. The van der Waals surface area contributed by atoms with Gasteiger partial charge in [-0.25, -0.2) is 30.9 Å². The van der Waals surface area contributed by atoms with Crippen molar-refractivity contribution in [3.05, 3.63) is 47.5 Å². The van der Waals surface area contributed by atoms with E-state index in [4.69, 9.17) is 31.0 Å². The Labute approximate surface area is 256 Å². The lowest BCUT2D eigenvalue weighted by molar-refractivity contribution is 0.122. The number of halogens is 1. The normalized spacial score (nSPS) is 13.9. The van der Waals surface area contributed by atoms with Gasteiger partial charge in [-0.3, -0.25) is 4.34 Å². The number of imidazole rings is 1. The third-order valence-electron chi connectivity index (χ3n) is 6.32. The summed E-state index contributed by atoms with van der Waals surface area (Å²) in [6.07, 6.45) is 1.96. The Balaban J connectivity index is 1.55. The molecule has 0 aliphatic carbocycles. The molecule has 1 fully saturated rings. The summed E-state index contributed by atoms with van der Waals surface area (Å²) >= 11 is 2.30. The lowest BCUT2D eigenvalue weighted by Crippen LogP contribution is -2.37. The maximum Gasteiger partial charge on any atom is 0.185 e. The molecule has 6 N–H and O–H groups in total. The second-order valence-electron chi connectivity index (χ2n) is 9.14. The van der Waals surface area contributed by atoms with Crippen molar-refractivity contribution in [2.75, 3.05) is 56.0 Å². The highest BCUT2D eigenvalue weighted by atomic mass is 127. The Morgan fingerprint density at radius 2 is 2.00 bits per heavy atom.